The van der Waals surface area contributed by atoms with Gasteiger partial charge in [-0.05, 0) is 30.4 Å². The highest BCUT2D eigenvalue weighted by Crippen LogP contribution is 2.36. The molecule has 0 heterocycles. The van der Waals surface area contributed by atoms with Crippen LogP contribution in [0.2, 0.25) is 0 Å². The van der Waals surface area contributed by atoms with Crippen molar-refractivity contribution in [2.75, 3.05) is 6.54 Å². The summed E-state index contributed by atoms with van der Waals surface area (Å²) < 4.78 is 0. The van der Waals surface area contributed by atoms with Crippen LogP contribution in [-0.4, -0.2) is 6.54 Å². The maximum absolute atomic E-state index is 3.49. The molecule has 1 N–H and O–H groups in total. The second kappa shape index (κ2) is 3.93. The molecule has 0 spiro atoms. The van der Waals surface area contributed by atoms with E-state index in [4.69, 9.17) is 0 Å². The highest BCUT2D eigenvalue weighted by atomic mass is 14.9. The van der Waals surface area contributed by atoms with Crippen LogP contribution in [0.25, 0.3) is 0 Å². The van der Waals surface area contributed by atoms with Gasteiger partial charge in [0.05, 0.1) is 0 Å². The fraction of sp³-hybridized carbons (Fsp3) is 0.500. The maximum atomic E-state index is 3.49. The molecule has 1 nitrogen and oxygen atoms in total. The van der Waals surface area contributed by atoms with Crippen molar-refractivity contribution < 1.29 is 0 Å². The van der Waals surface area contributed by atoms with Crippen molar-refractivity contribution in [1.82, 2.24) is 5.32 Å². The van der Waals surface area contributed by atoms with Gasteiger partial charge < -0.3 is 5.32 Å². The number of rotatable bonds is 4. The van der Waals surface area contributed by atoms with Crippen LogP contribution >= 0.6 is 0 Å². The van der Waals surface area contributed by atoms with Gasteiger partial charge in [0.25, 0.3) is 0 Å². The van der Waals surface area contributed by atoms with E-state index in [1.807, 2.05) is 0 Å². The van der Waals surface area contributed by atoms with Crippen molar-refractivity contribution >= 4 is 0 Å². The number of nitrogens with one attached hydrogen (secondary N) is 1. The van der Waals surface area contributed by atoms with Crippen LogP contribution in [0.15, 0.2) is 30.3 Å². The van der Waals surface area contributed by atoms with E-state index < -0.39 is 0 Å². The molecule has 70 valence electrons. The summed E-state index contributed by atoms with van der Waals surface area (Å²) in [4.78, 5) is 0. The summed E-state index contributed by atoms with van der Waals surface area (Å²) in [6.45, 7) is 4.54. The highest BCUT2D eigenvalue weighted by molar-refractivity contribution is 5.14. The Labute approximate surface area is 80.2 Å². The van der Waals surface area contributed by atoms with Crippen molar-refractivity contribution in [3.8, 4) is 0 Å². The van der Waals surface area contributed by atoms with E-state index in [1.54, 1.807) is 0 Å². The molecule has 1 heteroatoms. The Bertz CT molecular complexity index is 255. The Morgan fingerprint density at radius 2 is 2.00 bits per heavy atom. The highest BCUT2D eigenvalue weighted by Gasteiger charge is 2.31. The van der Waals surface area contributed by atoms with Crippen LogP contribution in [0, 0.1) is 11.8 Å². The molecule has 1 fully saturated rings. The van der Waals surface area contributed by atoms with Crippen molar-refractivity contribution in [2.24, 2.45) is 11.8 Å². The summed E-state index contributed by atoms with van der Waals surface area (Å²) in [5.74, 6) is 1.91. The Morgan fingerprint density at radius 3 is 2.62 bits per heavy atom. The van der Waals surface area contributed by atoms with Crippen LogP contribution in [-0.2, 0) is 6.54 Å². The fourth-order valence-electron chi connectivity index (χ4n) is 1.68. The van der Waals surface area contributed by atoms with Crippen LogP contribution in [0.3, 0.4) is 0 Å². The molecule has 1 aromatic carbocycles. The third-order valence-electron chi connectivity index (χ3n) is 2.85. The lowest BCUT2D eigenvalue weighted by Crippen LogP contribution is -2.16. The molecule has 1 aromatic rings. The SMILES string of the molecule is C[C@@H]1C[C@H]1CNCc1ccccc1. The van der Waals surface area contributed by atoms with E-state index in [0.29, 0.717) is 0 Å². The fourth-order valence-corrected chi connectivity index (χ4v) is 1.68. The maximum Gasteiger partial charge on any atom is 0.0205 e. The summed E-state index contributed by atoms with van der Waals surface area (Å²) in [5.41, 5.74) is 1.39. The van der Waals surface area contributed by atoms with Gasteiger partial charge in [0, 0.05) is 6.54 Å². The van der Waals surface area contributed by atoms with Crippen molar-refractivity contribution in [3.63, 3.8) is 0 Å². The standard InChI is InChI=1S/C12H17N/c1-10-7-12(10)9-13-8-11-5-3-2-4-6-11/h2-6,10,12-13H,7-9H2,1H3/t10-,12+/m1/s1. The van der Waals surface area contributed by atoms with E-state index >= 15 is 0 Å². The first kappa shape index (κ1) is 8.76. The zero-order chi connectivity index (χ0) is 9.10. The molecule has 0 aliphatic heterocycles. The second-order valence-corrected chi connectivity index (χ2v) is 4.09. The average Bonchev–Trinajstić information content (AvgIpc) is 2.84. The van der Waals surface area contributed by atoms with Gasteiger partial charge in [-0.15, -0.1) is 0 Å². The second-order valence-electron chi connectivity index (χ2n) is 4.09. The molecular formula is C12H17N. The third-order valence-corrected chi connectivity index (χ3v) is 2.85. The molecule has 0 saturated heterocycles. The van der Waals surface area contributed by atoms with Crippen LogP contribution in [0.4, 0.5) is 0 Å². The zero-order valence-electron chi connectivity index (χ0n) is 8.16. The molecule has 0 radical (unpaired) electrons. The van der Waals surface area contributed by atoms with E-state index in [2.05, 4.69) is 42.6 Å². The van der Waals surface area contributed by atoms with Gasteiger partial charge in [0.2, 0.25) is 0 Å². The van der Waals surface area contributed by atoms with Crippen molar-refractivity contribution in [1.29, 1.82) is 0 Å². The van der Waals surface area contributed by atoms with Gasteiger partial charge in [-0.1, -0.05) is 37.3 Å². The van der Waals surface area contributed by atoms with E-state index in [9.17, 15) is 0 Å². The van der Waals surface area contributed by atoms with E-state index in [1.165, 1.54) is 18.5 Å². The predicted molar refractivity (Wildman–Crippen MR) is 55.4 cm³/mol. The summed E-state index contributed by atoms with van der Waals surface area (Å²) in [5, 5.41) is 3.49. The van der Waals surface area contributed by atoms with E-state index in [0.717, 1.165) is 18.4 Å². The number of benzene rings is 1. The predicted octanol–water partition coefficient (Wildman–Crippen LogP) is 2.43. The molecule has 0 bridgehead atoms. The van der Waals surface area contributed by atoms with Crippen LogP contribution < -0.4 is 5.32 Å². The summed E-state index contributed by atoms with van der Waals surface area (Å²) in [7, 11) is 0. The van der Waals surface area contributed by atoms with Crippen LogP contribution in [0.5, 0.6) is 0 Å². The first-order valence-electron chi connectivity index (χ1n) is 5.11. The topological polar surface area (TPSA) is 12.0 Å². The summed E-state index contributed by atoms with van der Waals surface area (Å²) in [6.07, 6.45) is 1.42. The van der Waals surface area contributed by atoms with Gasteiger partial charge in [-0.2, -0.15) is 0 Å². The minimum atomic E-state index is 0.948. The third kappa shape index (κ3) is 2.56. The summed E-state index contributed by atoms with van der Waals surface area (Å²) in [6, 6.07) is 10.6. The molecule has 13 heavy (non-hydrogen) atoms. The average molecular weight is 175 g/mol. The van der Waals surface area contributed by atoms with E-state index in [-0.39, 0.29) is 0 Å². The van der Waals surface area contributed by atoms with Gasteiger partial charge >= 0.3 is 0 Å². The zero-order valence-corrected chi connectivity index (χ0v) is 8.16. The Balaban J connectivity index is 1.68. The van der Waals surface area contributed by atoms with Gasteiger partial charge in [-0.25, -0.2) is 0 Å². The number of hydrogen-bond donors (Lipinski definition) is 1. The molecular weight excluding hydrogens is 158 g/mol. The molecule has 2 atom stereocenters. The minimum absolute atomic E-state index is 0.948. The molecule has 0 amide bonds. The van der Waals surface area contributed by atoms with Crippen LogP contribution in [0.1, 0.15) is 18.9 Å². The lowest BCUT2D eigenvalue weighted by Gasteiger charge is -2.03. The molecule has 2 rings (SSSR count). The number of hydrogen-bond acceptors (Lipinski definition) is 1. The Kier molecular flexibility index (Phi) is 2.65. The largest absolute Gasteiger partial charge is 0.312 e. The molecule has 1 aliphatic rings. The molecule has 1 saturated carbocycles. The quantitative estimate of drug-likeness (QED) is 0.741. The summed E-state index contributed by atoms with van der Waals surface area (Å²) >= 11 is 0. The Hall–Kier alpha value is -0.820. The lowest BCUT2D eigenvalue weighted by atomic mass is 10.2. The normalized spacial score (nSPS) is 25.9. The monoisotopic (exact) mass is 175 g/mol. The molecule has 1 aliphatic carbocycles. The Morgan fingerprint density at radius 1 is 1.31 bits per heavy atom. The lowest BCUT2D eigenvalue weighted by molar-refractivity contribution is 0.612. The molecule has 0 aromatic heterocycles. The van der Waals surface area contributed by atoms with Gasteiger partial charge in [-0.3, -0.25) is 0 Å². The smallest absolute Gasteiger partial charge is 0.0205 e. The van der Waals surface area contributed by atoms with Gasteiger partial charge in [0.15, 0.2) is 0 Å². The van der Waals surface area contributed by atoms with Crippen molar-refractivity contribution in [3.05, 3.63) is 35.9 Å². The molecule has 0 unspecified atom stereocenters. The van der Waals surface area contributed by atoms with Crippen molar-refractivity contribution in [2.45, 2.75) is 19.9 Å². The first-order valence-corrected chi connectivity index (χ1v) is 5.11. The first-order chi connectivity index (χ1) is 6.36. The van der Waals surface area contributed by atoms with Gasteiger partial charge in [0.1, 0.15) is 0 Å². The minimum Gasteiger partial charge on any atom is -0.312 e.